The summed E-state index contributed by atoms with van der Waals surface area (Å²) in [5.41, 5.74) is 6.82. The van der Waals surface area contributed by atoms with E-state index in [9.17, 15) is 4.79 Å². The largest absolute Gasteiger partial charge is 0.484 e. The van der Waals surface area contributed by atoms with Crippen molar-refractivity contribution < 1.29 is 14.3 Å². The molecule has 19 heavy (non-hydrogen) atoms. The van der Waals surface area contributed by atoms with E-state index in [1.165, 1.54) is 0 Å². The normalized spacial score (nSPS) is 17.1. The SMILES string of the molecule is C[C@H](N)c1ccc(OCC(=O)N2CCOCC2)cc1. The average molecular weight is 264 g/mol. The van der Waals surface area contributed by atoms with Crippen LogP contribution in [0.15, 0.2) is 24.3 Å². The predicted octanol–water partition coefficient (Wildman–Crippen LogP) is 0.944. The van der Waals surface area contributed by atoms with Gasteiger partial charge in [0.15, 0.2) is 6.61 Å². The second kappa shape index (κ2) is 6.54. The first-order valence-corrected chi connectivity index (χ1v) is 6.50. The molecule has 2 N–H and O–H groups in total. The molecule has 104 valence electrons. The van der Waals surface area contributed by atoms with Gasteiger partial charge in [-0.15, -0.1) is 0 Å². The Morgan fingerprint density at radius 1 is 1.37 bits per heavy atom. The van der Waals surface area contributed by atoms with Crippen molar-refractivity contribution >= 4 is 5.91 Å². The minimum Gasteiger partial charge on any atom is -0.484 e. The molecule has 1 aliphatic heterocycles. The summed E-state index contributed by atoms with van der Waals surface area (Å²) in [6, 6.07) is 7.51. The molecule has 0 saturated carbocycles. The van der Waals surface area contributed by atoms with Crippen LogP contribution in [-0.4, -0.2) is 43.7 Å². The Morgan fingerprint density at radius 3 is 2.58 bits per heavy atom. The number of amides is 1. The lowest BCUT2D eigenvalue weighted by molar-refractivity contribution is -0.137. The first-order chi connectivity index (χ1) is 9.16. The fourth-order valence-electron chi connectivity index (χ4n) is 1.92. The second-order valence-corrected chi connectivity index (χ2v) is 4.64. The van der Waals surface area contributed by atoms with Crippen molar-refractivity contribution in [2.45, 2.75) is 13.0 Å². The molecular weight excluding hydrogens is 244 g/mol. The lowest BCUT2D eigenvalue weighted by Gasteiger charge is -2.26. The molecule has 1 amide bonds. The molecule has 5 nitrogen and oxygen atoms in total. The number of hydrogen-bond acceptors (Lipinski definition) is 4. The number of carbonyl (C=O) groups excluding carboxylic acids is 1. The predicted molar refractivity (Wildman–Crippen MR) is 71.9 cm³/mol. The third kappa shape index (κ3) is 3.94. The van der Waals surface area contributed by atoms with Crippen LogP contribution in [-0.2, 0) is 9.53 Å². The lowest BCUT2D eigenvalue weighted by Crippen LogP contribution is -2.42. The number of nitrogens with zero attached hydrogens (tertiary/aromatic N) is 1. The summed E-state index contributed by atoms with van der Waals surface area (Å²) in [7, 11) is 0. The van der Waals surface area contributed by atoms with Gasteiger partial charge in [-0.3, -0.25) is 4.79 Å². The molecule has 1 aromatic carbocycles. The van der Waals surface area contributed by atoms with Gasteiger partial charge in [0.1, 0.15) is 5.75 Å². The van der Waals surface area contributed by atoms with E-state index >= 15 is 0 Å². The monoisotopic (exact) mass is 264 g/mol. The smallest absolute Gasteiger partial charge is 0.260 e. The second-order valence-electron chi connectivity index (χ2n) is 4.64. The summed E-state index contributed by atoms with van der Waals surface area (Å²) in [6.07, 6.45) is 0. The molecule has 0 bridgehead atoms. The molecule has 0 aromatic heterocycles. The highest BCUT2D eigenvalue weighted by atomic mass is 16.5. The summed E-state index contributed by atoms with van der Waals surface area (Å²) in [6.45, 7) is 4.50. The van der Waals surface area contributed by atoms with Gasteiger partial charge in [0.05, 0.1) is 13.2 Å². The Balaban J connectivity index is 1.82. The maximum absolute atomic E-state index is 11.9. The molecule has 1 aliphatic rings. The Hall–Kier alpha value is -1.59. The van der Waals surface area contributed by atoms with Gasteiger partial charge >= 0.3 is 0 Å². The van der Waals surface area contributed by atoms with Crippen LogP contribution in [0.1, 0.15) is 18.5 Å². The third-order valence-electron chi connectivity index (χ3n) is 3.13. The third-order valence-corrected chi connectivity index (χ3v) is 3.13. The molecule has 1 aromatic rings. The van der Waals surface area contributed by atoms with E-state index in [-0.39, 0.29) is 18.6 Å². The molecule has 1 heterocycles. The van der Waals surface area contributed by atoms with Crippen molar-refractivity contribution in [2.75, 3.05) is 32.9 Å². The van der Waals surface area contributed by atoms with Gasteiger partial charge in [-0.05, 0) is 24.6 Å². The van der Waals surface area contributed by atoms with Crippen LogP contribution in [0, 0.1) is 0 Å². The van der Waals surface area contributed by atoms with Crippen molar-refractivity contribution in [3.63, 3.8) is 0 Å². The molecule has 0 spiro atoms. The molecule has 0 radical (unpaired) electrons. The number of hydrogen-bond donors (Lipinski definition) is 1. The number of nitrogens with two attached hydrogens (primary N) is 1. The van der Waals surface area contributed by atoms with Crippen LogP contribution in [0.4, 0.5) is 0 Å². The summed E-state index contributed by atoms with van der Waals surface area (Å²) >= 11 is 0. The fourth-order valence-corrected chi connectivity index (χ4v) is 1.92. The molecule has 1 atom stereocenters. The highest BCUT2D eigenvalue weighted by Gasteiger charge is 2.17. The molecule has 0 aliphatic carbocycles. The molecule has 1 saturated heterocycles. The van der Waals surface area contributed by atoms with Gasteiger partial charge in [-0.2, -0.15) is 0 Å². The summed E-state index contributed by atoms with van der Waals surface area (Å²) in [5.74, 6) is 0.686. The van der Waals surface area contributed by atoms with Crippen molar-refractivity contribution in [2.24, 2.45) is 5.73 Å². The van der Waals surface area contributed by atoms with Crippen molar-refractivity contribution in [3.8, 4) is 5.75 Å². The van der Waals surface area contributed by atoms with Crippen LogP contribution in [0.3, 0.4) is 0 Å². The van der Waals surface area contributed by atoms with E-state index in [0.717, 1.165) is 5.56 Å². The van der Waals surface area contributed by atoms with Crippen LogP contribution < -0.4 is 10.5 Å². The van der Waals surface area contributed by atoms with Gasteiger partial charge in [-0.25, -0.2) is 0 Å². The van der Waals surface area contributed by atoms with Crippen molar-refractivity contribution in [1.82, 2.24) is 4.90 Å². The number of ether oxygens (including phenoxy) is 2. The zero-order chi connectivity index (χ0) is 13.7. The van der Waals surface area contributed by atoms with Crippen molar-refractivity contribution in [1.29, 1.82) is 0 Å². The Kier molecular flexibility index (Phi) is 4.76. The Labute approximate surface area is 113 Å². The number of benzene rings is 1. The quantitative estimate of drug-likeness (QED) is 0.879. The summed E-state index contributed by atoms with van der Waals surface area (Å²) in [5, 5.41) is 0. The molecule has 0 unspecified atom stereocenters. The summed E-state index contributed by atoms with van der Waals surface area (Å²) < 4.78 is 10.7. The highest BCUT2D eigenvalue weighted by molar-refractivity contribution is 5.77. The van der Waals surface area contributed by atoms with Gasteiger partial charge < -0.3 is 20.1 Å². The van der Waals surface area contributed by atoms with E-state index in [2.05, 4.69) is 0 Å². The van der Waals surface area contributed by atoms with E-state index in [0.29, 0.717) is 32.1 Å². The molecule has 1 fully saturated rings. The fraction of sp³-hybridized carbons (Fsp3) is 0.500. The minimum atomic E-state index is -0.000399. The zero-order valence-corrected chi connectivity index (χ0v) is 11.2. The molecule has 5 heteroatoms. The molecule has 2 rings (SSSR count). The number of rotatable bonds is 4. The minimum absolute atomic E-state index is 0.000399. The Bertz CT molecular complexity index is 411. The number of carbonyl (C=O) groups is 1. The first kappa shape index (κ1) is 13.8. The Morgan fingerprint density at radius 2 is 2.00 bits per heavy atom. The maximum Gasteiger partial charge on any atom is 0.260 e. The van der Waals surface area contributed by atoms with Crippen LogP contribution in [0.5, 0.6) is 5.75 Å². The highest BCUT2D eigenvalue weighted by Crippen LogP contribution is 2.16. The van der Waals surface area contributed by atoms with E-state index in [1.807, 2.05) is 31.2 Å². The van der Waals surface area contributed by atoms with Gasteiger partial charge in [0, 0.05) is 19.1 Å². The summed E-state index contributed by atoms with van der Waals surface area (Å²) in [4.78, 5) is 13.6. The van der Waals surface area contributed by atoms with Crippen LogP contribution in [0.2, 0.25) is 0 Å². The lowest BCUT2D eigenvalue weighted by atomic mass is 10.1. The van der Waals surface area contributed by atoms with Crippen molar-refractivity contribution in [3.05, 3.63) is 29.8 Å². The molecular formula is C14H20N2O3. The van der Waals surface area contributed by atoms with Crippen LogP contribution in [0.25, 0.3) is 0 Å². The van der Waals surface area contributed by atoms with E-state index < -0.39 is 0 Å². The van der Waals surface area contributed by atoms with Gasteiger partial charge in [-0.1, -0.05) is 12.1 Å². The van der Waals surface area contributed by atoms with E-state index in [4.69, 9.17) is 15.2 Å². The zero-order valence-electron chi connectivity index (χ0n) is 11.2. The number of morpholine rings is 1. The van der Waals surface area contributed by atoms with E-state index in [1.54, 1.807) is 4.90 Å². The first-order valence-electron chi connectivity index (χ1n) is 6.50. The standard InChI is InChI=1S/C14H20N2O3/c1-11(15)12-2-4-13(5-3-12)19-10-14(17)16-6-8-18-9-7-16/h2-5,11H,6-10,15H2,1H3/t11-/m0/s1. The van der Waals surface area contributed by atoms with Gasteiger partial charge in [0.2, 0.25) is 0 Å². The van der Waals surface area contributed by atoms with Gasteiger partial charge in [0.25, 0.3) is 5.91 Å². The maximum atomic E-state index is 11.9. The topological polar surface area (TPSA) is 64.8 Å². The van der Waals surface area contributed by atoms with Crippen LogP contribution >= 0.6 is 0 Å². The average Bonchev–Trinajstić information content (AvgIpc) is 2.46.